The molecule has 0 spiro atoms. The van der Waals surface area contributed by atoms with Crippen LogP contribution in [0, 0.1) is 18.3 Å². The number of H-pyrrole nitrogens is 1. The number of hydrogen-bond acceptors (Lipinski definition) is 3. The van der Waals surface area contributed by atoms with Gasteiger partial charge >= 0.3 is 0 Å². The van der Waals surface area contributed by atoms with Crippen molar-refractivity contribution >= 4 is 5.69 Å². The number of hydrogen-bond donors (Lipinski definition) is 2. The van der Waals surface area contributed by atoms with Crippen LogP contribution in [0.1, 0.15) is 23.2 Å². The average Bonchev–Trinajstić information content (AvgIpc) is 2.81. The van der Waals surface area contributed by atoms with Gasteiger partial charge in [0, 0.05) is 17.9 Å². The highest BCUT2D eigenvalue weighted by Crippen LogP contribution is 2.10. The summed E-state index contributed by atoms with van der Waals surface area (Å²) in [5.74, 6) is 0. The molecule has 4 heteroatoms. The maximum absolute atomic E-state index is 8.80. The lowest BCUT2D eigenvalue weighted by Gasteiger charge is -2.06. The molecule has 1 heterocycles. The van der Waals surface area contributed by atoms with E-state index in [1.807, 2.05) is 31.3 Å². The molecular formula is C14H16N4. The summed E-state index contributed by atoms with van der Waals surface area (Å²) in [4.78, 5) is 0. The molecule has 0 amide bonds. The lowest BCUT2D eigenvalue weighted by atomic mass is 10.1. The van der Waals surface area contributed by atoms with Crippen molar-refractivity contribution in [1.29, 1.82) is 5.26 Å². The topological polar surface area (TPSA) is 64.5 Å². The molecule has 1 aromatic carbocycles. The Morgan fingerprint density at radius 1 is 1.44 bits per heavy atom. The molecule has 0 bridgehead atoms. The Bertz CT molecular complexity index is 551. The van der Waals surface area contributed by atoms with Crippen molar-refractivity contribution in [2.75, 3.05) is 11.9 Å². The fourth-order valence-electron chi connectivity index (χ4n) is 1.84. The van der Waals surface area contributed by atoms with Gasteiger partial charge in [-0.15, -0.1) is 0 Å². The number of nitriles is 1. The molecule has 0 radical (unpaired) electrons. The molecule has 2 rings (SSSR count). The van der Waals surface area contributed by atoms with Crippen LogP contribution in [-0.4, -0.2) is 16.7 Å². The number of rotatable bonds is 5. The quantitative estimate of drug-likeness (QED) is 0.790. The van der Waals surface area contributed by atoms with E-state index < -0.39 is 0 Å². The molecule has 4 nitrogen and oxygen atoms in total. The van der Waals surface area contributed by atoms with E-state index >= 15 is 0 Å². The number of nitrogens with zero attached hydrogens (tertiary/aromatic N) is 2. The standard InChI is InChI=1S/C14H16N4/c1-11-13(10-17-18-11)5-3-7-16-14-6-2-4-12(8-14)9-15/h2,4,6,8,10,16H,3,5,7H2,1H3,(H,17,18). The first-order chi connectivity index (χ1) is 8.79. The lowest BCUT2D eigenvalue weighted by molar-refractivity contribution is 0.857. The Kier molecular flexibility index (Phi) is 3.98. The smallest absolute Gasteiger partial charge is 0.0992 e. The van der Waals surface area contributed by atoms with Crippen LogP contribution in [-0.2, 0) is 6.42 Å². The van der Waals surface area contributed by atoms with Crippen molar-refractivity contribution in [3.63, 3.8) is 0 Å². The van der Waals surface area contributed by atoms with E-state index in [1.165, 1.54) is 5.56 Å². The van der Waals surface area contributed by atoms with Gasteiger partial charge < -0.3 is 5.32 Å². The molecule has 0 saturated carbocycles. The fraction of sp³-hybridized carbons (Fsp3) is 0.286. The van der Waals surface area contributed by atoms with E-state index in [-0.39, 0.29) is 0 Å². The molecule has 0 fully saturated rings. The Labute approximate surface area is 107 Å². The summed E-state index contributed by atoms with van der Waals surface area (Å²) >= 11 is 0. The van der Waals surface area contributed by atoms with Gasteiger partial charge in [0.05, 0.1) is 17.8 Å². The van der Waals surface area contributed by atoms with Crippen molar-refractivity contribution in [2.24, 2.45) is 0 Å². The normalized spacial score (nSPS) is 10.0. The first-order valence-electron chi connectivity index (χ1n) is 6.02. The van der Waals surface area contributed by atoms with Crippen molar-refractivity contribution in [1.82, 2.24) is 10.2 Å². The molecule has 0 unspecified atom stereocenters. The second-order valence-corrected chi connectivity index (χ2v) is 4.24. The molecule has 2 aromatic rings. The van der Waals surface area contributed by atoms with Crippen LogP contribution in [0.3, 0.4) is 0 Å². The monoisotopic (exact) mass is 240 g/mol. The molecule has 0 aliphatic rings. The minimum atomic E-state index is 0.686. The minimum absolute atomic E-state index is 0.686. The van der Waals surface area contributed by atoms with Gasteiger partial charge in [0.2, 0.25) is 0 Å². The maximum atomic E-state index is 8.80. The van der Waals surface area contributed by atoms with Crippen LogP contribution in [0.15, 0.2) is 30.5 Å². The minimum Gasteiger partial charge on any atom is -0.385 e. The summed E-state index contributed by atoms with van der Waals surface area (Å²) in [6, 6.07) is 9.67. The highest BCUT2D eigenvalue weighted by molar-refractivity contribution is 5.48. The zero-order valence-electron chi connectivity index (χ0n) is 10.4. The van der Waals surface area contributed by atoms with E-state index in [1.54, 1.807) is 6.07 Å². The summed E-state index contributed by atoms with van der Waals surface area (Å²) in [7, 11) is 0. The number of anilines is 1. The third-order valence-electron chi connectivity index (χ3n) is 2.88. The molecule has 2 N–H and O–H groups in total. The van der Waals surface area contributed by atoms with Crippen LogP contribution in [0.5, 0.6) is 0 Å². The van der Waals surface area contributed by atoms with E-state index in [0.717, 1.165) is 30.8 Å². The highest BCUT2D eigenvalue weighted by Gasteiger charge is 2.00. The predicted octanol–water partition coefficient (Wildman–Crippen LogP) is 2.63. The van der Waals surface area contributed by atoms with Gasteiger partial charge in [-0.1, -0.05) is 6.07 Å². The van der Waals surface area contributed by atoms with Crippen molar-refractivity contribution in [2.45, 2.75) is 19.8 Å². The Morgan fingerprint density at radius 3 is 3.06 bits per heavy atom. The third-order valence-corrected chi connectivity index (χ3v) is 2.88. The number of aryl methyl sites for hydroxylation is 2. The van der Waals surface area contributed by atoms with Crippen LogP contribution in [0.25, 0.3) is 0 Å². The third kappa shape index (κ3) is 3.11. The number of nitrogens with one attached hydrogen (secondary N) is 2. The molecule has 0 aliphatic heterocycles. The van der Waals surface area contributed by atoms with Gasteiger partial charge in [-0.3, -0.25) is 5.10 Å². The van der Waals surface area contributed by atoms with E-state index in [9.17, 15) is 0 Å². The van der Waals surface area contributed by atoms with Crippen LogP contribution in [0.2, 0.25) is 0 Å². The SMILES string of the molecule is Cc1[nH]ncc1CCCNc1cccc(C#N)c1. The van der Waals surface area contributed by atoms with Gasteiger partial charge in [0.25, 0.3) is 0 Å². The first kappa shape index (κ1) is 12.2. The Balaban J connectivity index is 1.79. The second-order valence-electron chi connectivity index (χ2n) is 4.24. The molecular weight excluding hydrogens is 224 g/mol. The Hall–Kier alpha value is -2.28. The summed E-state index contributed by atoms with van der Waals surface area (Å²) in [6.45, 7) is 2.92. The summed E-state index contributed by atoms with van der Waals surface area (Å²) < 4.78 is 0. The van der Waals surface area contributed by atoms with Gasteiger partial charge in [-0.25, -0.2) is 0 Å². The molecule has 0 saturated heterocycles. The first-order valence-corrected chi connectivity index (χ1v) is 6.02. The molecule has 0 atom stereocenters. The zero-order chi connectivity index (χ0) is 12.8. The van der Waals surface area contributed by atoms with Crippen molar-refractivity contribution in [3.05, 3.63) is 47.3 Å². The molecule has 0 aliphatic carbocycles. The molecule has 18 heavy (non-hydrogen) atoms. The number of benzene rings is 1. The zero-order valence-corrected chi connectivity index (χ0v) is 10.4. The van der Waals surface area contributed by atoms with Crippen LogP contribution >= 0.6 is 0 Å². The van der Waals surface area contributed by atoms with E-state index in [0.29, 0.717) is 5.56 Å². The Morgan fingerprint density at radius 2 is 2.33 bits per heavy atom. The van der Waals surface area contributed by atoms with Gasteiger partial charge in [-0.2, -0.15) is 10.4 Å². The molecule has 1 aromatic heterocycles. The van der Waals surface area contributed by atoms with Gasteiger partial charge in [0.1, 0.15) is 0 Å². The van der Waals surface area contributed by atoms with E-state index in [4.69, 9.17) is 5.26 Å². The largest absolute Gasteiger partial charge is 0.385 e. The van der Waals surface area contributed by atoms with Crippen LogP contribution in [0.4, 0.5) is 5.69 Å². The van der Waals surface area contributed by atoms with Crippen molar-refractivity contribution in [3.8, 4) is 6.07 Å². The fourth-order valence-corrected chi connectivity index (χ4v) is 1.84. The van der Waals surface area contributed by atoms with Gasteiger partial charge in [0.15, 0.2) is 0 Å². The summed E-state index contributed by atoms with van der Waals surface area (Å²) in [6.07, 6.45) is 3.93. The molecule has 92 valence electrons. The highest BCUT2D eigenvalue weighted by atomic mass is 15.1. The van der Waals surface area contributed by atoms with Crippen molar-refractivity contribution < 1.29 is 0 Å². The average molecular weight is 240 g/mol. The van der Waals surface area contributed by atoms with Gasteiger partial charge in [-0.05, 0) is 43.5 Å². The summed E-state index contributed by atoms with van der Waals surface area (Å²) in [5, 5.41) is 19.1. The number of aromatic amines is 1. The van der Waals surface area contributed by atoms with E-state index in [2.05, 4.69) is 21.6 Å². The predicted molar refractivity (Wildman–Crippen MR) is 71.3 cm³/mol. The summed E-state index contributed by atoms with van der Waals surface area (Å²) in [5.41, 5.74) is 4.09. The maximum Gasteiger partial charge on any atom is 0.0992 e. The van der Waals surface area contributed by atoms with Crippen LogP contribution < -0.4 is 5.32 Å². The second kappa shape index (κ2) is 5.87. The lowest BCUT2D eigenvalue weighted by Crippen LogP contribution is -2.03. The number of aromatic nitrogens is 2.